The molecule has 0 fully saturated rings. The quantitative estimate of drug-likeness (QED) is 0.776. The fourth-order valence-corrected chi connectivity index (χ4v) is 2.44. The van der Waals surface area contributed by atoms with Gasteiger partial charge in [-0.25, -0.2) is 4.39 Å². The van der Waals surface area contributed by atoms with Crippen LogP contribution in [0.4, 0.5) is 4.39 Å². The van der Waals surface area contributed by atoms with Crippen LogP contribution in [0.15, 0.2) is 36.4 Å². The summed E-state index contributed by atoms with van der Waals surface area (Å²) in [6.07, 6.45) is 1.98. The van der Waals surface area contributed by atoms with Crippen molar-refractivity contribution in [1.29, 1.82) is 5.26 Å². The van der Waals surface area contributed by atoms with E-state index in [2.05, 4.69) is 0 Å². The number of fused-ring (bicyclic) bond motifs is 1. The van der Waals surface area contributed by atoms with Gasteiger partial charge in [0.2, 0.25) is 0 Å². The molecular formula is C16H12FNO. The first kappa shape index (κ1) is 11.7. The van der Waals surface area contributed by atoms with Crippen molar-refractivity contribution < 1.29 is 9.13 Å². The highest BCUT2D eigenvalue weighted by molar-refractivity contribution is 5.77. The zero-order valence-corrected chi connectivity index (χ0v) is 10.3. The number of nitrogens with zero attached hydrogens (tertiary/aromatic N) is 1. The normalized spacial score (nSPS) is 13.3. The topological polar surface area (TPSA) is 33.0 Å². The molecule has 0 aromatic heterocycles. The number of hydrogen-bond donors (Lipinski definition) is 0. The highest BCUT2D eigenvalue weighted by Crippen LogP contribution is 2.37. The number of nitriles is 1. The minimum absolute atomic E-state index is 0.336. The monoisotopic (exact) mass is 253 g/mol. The predicted molar refractivity (Wildman–Crippen MR) is 70.4 cm³/mol. The van der Waals surface area contributed by atoms with E-state index in [1.807, 2.05) is 24.3 Å². The molecule has 0 atom stereocenters. The lowest BCUT2D eigenvalue weighted by Gasteiger charge is -2.20. The fourth-order valence-electron chi connectivity index (χ4n) is 2.44. The summed E-state index contributed by atoms with van der Waals surface area (Å²) in [6, 6.07) is 12.2. The van der Waals surface area contributed by atoms with Gasteiger partial charge in [0.1, 0.15) is 11.6 Å². The Labute approximate surface area is 111 Å². The Bertz CT molecular complexity index is 673. The number of para-hydroxylation sites is 1. The van der Waals surface area contributed by atoms with E-state index in [-0.39, 0.29) is 0 Å². The molecule has 0 saturated heterocycles. The van der Waals surface area contributed by atoms with E-state index in [9.17, 15) is 4.39 Å². The molecule has 0 bridgehead atoms. The lowest BCUT2D eigenvalue weighted by atomic mass is 9.95. The van der Waals surface area contributed by atoms with Gasteiger partial charge in [-0.05, 0) is 30.5 Å². The Morgan fingerprint density at radius 3 is 2.89 bits per heavy atom. The Kier molecular flexibility index (Phi) is 2.92. The Morgan fingerprint density at radius 1 is 1.16 bits per heavy atom. The summed E-state index contributed by atoms with van der Waals surface area (Å²) in [7, 11) is 0. The number of halogens is 1. The average Bonchev–Trinajstić information content (AvgIpc) is 2.46. The van der Waals surface area contributed by atoms with Crippen molar-refractivity contribution in [3.63, 3.8) is 0 Å². The molecule has 0 spiro atoms. The summed E-state index contributed by atoms with van der Waals surface area (Å²) in [4.78, 5) is 0. The van der Waals surface area contributed by atoms with Gasteiger partial charge in [-0.2, -0.15) is 5.26 Å². The molecule has 0 N–H and O–H groups in total. The van der Waals surface area contributed by atoms with Gasteiger partial charge in [-0.15, -0.1) is 0 Å². The van der Waals surface area contributed by atoms with Crippen LogP contribution in [0.25, 0.3) is 11.1 Å². The van der Waals surface area contributed by atoms with Gasteiger partial charge in [0, 0.05) is 11.1 Å². The molecule has 0 radical (unpaired) electrons. The van der Waals surface area contributed by atoms with Crippen LogP contribution in [0, 0.1) is 17.1 Å². The third-order valence-electron chi connectivity index (χ3n) is 3.33. The van der Waals surface area contributed by atoms with Gasteiger partial charge in [0.05, 0.1) is 18.2 Å². The number of aryl methyl sites for hydroxylation is 1. The fraction of sp³-hybridized carbons (Fsp3) is 0.188. The molecule has 2 aromatic rings. The van der Waals surface area contributed by atoms with Crippen molar-refractivity contribution in [2.24, 2.45) is 0 Å². The van der Waals surface area contributed by atoms with Crippen LogP contribution in [-0.4, -0.2) is 6.61 Å². The summed E-state index contributed by atoms with van der Waals surface area (Å²) < 4.78 is 18.9. The van der Waals surface area contributed by atoms with E-state index in [1.165, 1.54) is 12.1 Å². The molecule has 3 rings (SSSR count). The number of benzene rings is 2. The molecule has 1 heterocycles. The molecule has 0 unspecified atom stereocenters. The molecule has 0 amide bonds. The van der Waals surface area contributed by atoms with Crippen LogP contribution in [-0.2, 0) is 6.42 Å². The molecule has 1 aliphatic heterocycles. The van der Waals surface area contributed by atoms with Crippen molar-refractivity contribution in [3.8, 4) is 22.9 Å². The van der Waals surface area contributed by atoms with Crippen molar-refractivity contribution >= 4 is 0 Å². The van der Waals surface area contributed by atoms with E-state index >= 15 is 0 Å². The maximum atomic E-state index is 13.2. The minimum atomic E-state index is -0.397. The summed E-state index contributed by atoms with van der Waals surface area (Å²) >= 11 is 0. The highest BCUT2D eigenvalue weighted by Gasteiger charge is 2.17. The Balaban J connectivity index is 2.20. The van der Waals surface area contributed by atoms with Gasteiger partial charge in [-0.1, -0.05) is 24.3 Å². The standard InChI is InChI=1S/C16H12FNO/c17-13-6-7-14(12(9-13)10-18)15-5-1-3-11-4-2-8-19-16(11)15/h1,3,5-7,9H,2,4,8H2. The SMILES string of the molecule is N#Cc1cc(F)ccc1-c1cccc2c1OCCC2. The maximum absolute atomic E-state index is 13.2. The zero-order valence-electron chi connectivity index (χ0n) is 10.3. The first-order valence-electron chi connectivity index (χ1n) is 6.24. The number of ether oxygens (including phenoxy) is 1. The molecule has 1 aliphatic rings. The van der Waals surface area contributed by atoms with Crippen LogP contribution in [0.2, 0.25) is 0 Å². The molecule has 2 aromatic carbocycles. The highest BCUT2D eigenvalue weighted by atomic mass is 19.1. The Morgan fingerprint density at radius 2 is 2.05 bits per heavy atom. The maximum Gasteiger partial charge on any atom is 0.130 e. The Hall–Kier alpha value is -2.34. The second-order valence-corrected chi connectivity index (χ2v) is 4.55. The van der Waals surface area contributed by atoms with E-state index < -0.39 is 5.82 Å². The second kappa shape index (κ2) is 4.74. The van der Waals surface area contributed by atoms with Gasteiger partial charge in [-0.3, -0.25) is 0 Å². The number of rotatable bonds is 1. The first-order chi connectivity index (χ1) is 9.29. The van der Waals surface area contributed by atoms with Gasteiger partial charge < -0.3 is 4.74 Å². The summed E-state index contributed by atoms with van der Waals surface area (Å²) in [5.74, 6) is 0.433. The second-order valence-electron chi connectivity index (χ2n) is 4.55. The predicted octanol–water partition coefficient (Wildman–Crippen LogP) is 3.69. The largest absolute Gasteiger partial charge is 0.493 e. The van der Waals surface area contributed by atoms with Gasteiger partial charge >= 0.3 is 0 Å². The third kappa shape index (κ3) is 2.06. The van der Waals surface area contributed by atoms with Crippen LogP contribution in [0.3, 0.4) is 0 Å². The molecule has 94 valence electrons. The molecule has 2 nitrogen and oxygen atoms in total. The lowest BCUT2D eigenvalue weighted by molar-refractivity contribution is 0.289. The molecule has 0 saturated carbocycles. The van der Waals surface area contributed by atoms with Gasteiger partial charge in [0.15, 0.2) is 0 Å². The molecule has 19 heavy (non-hydrogen) atoms. The first-order valence-corrected chi connectivity index (χ1v) is 6.24. The van der Waals surface area contributed by atoms with Crippen LogP contribution >= 0.6 is 0 Å². The van der Waals surface area contributed by atoms with E-state index in [0.717, 1.165) is 35.3 Å². The number of hydrogen-bond acceptors (Lipinski definition) is 2. The smallest absolute Gasteiger partial charge is 0.130 e. The van der Waals surface area contributed by atoms with E-state index in [4.69, 9.17) is 10.00 Å². The van der Waals surface area contributed by atoms with Gasteiger partial charge in [0.25, 0.3) is 0 Å². The van der Waals surface area contributed by atoms with Crippen molar-refractivity contribution in [3.05, 3.63) is 53.3 Å². The molecule has 3 heteroatoms. The summed E-state index contributed by atoms with van der Waals surface area (Å²) in [5.41, 5.74) is 3.08. The zero-order chi connectivity index (χ0) is 13.2. The van der Waals surface area contributed by atoms with Crippen LogP contribution in [0.1, 0.15) is 17.5 Å². The average molecular weight is 253 g/mol. The molecular weight excluding hydrogens is 241 g/mol. The lowest BCUT2D eigenvalue weighted by Crippen LogP contribution is -2.09. The summed E-state index contributed by atoms with van der Waals surface area (Å²) in [6.45, 7) is 0.688. The van der Waals surface area contributed by atoms with E-state index in [1.54, 1.807) is 6.07 Å². The van der Waals surface area contributed by atoms with Crippen LogP contribution in [0.5, 0.6) is 5.75 Å². The minimum Gasteiger partial charge on any atom is -0.493 e. The third-order valence-corrected chi connectivity index (χ3v) is 3.33. The molecule has 0 aliphatic carbocycles. The van der Waals surface area contributed by atoms with Crippen molar-refractivity contribution in [2.75, 3.05) is 6.61 Å². The van der Waals surface area contributed by atoms with Crippen LogP contribution < -0.4 is 4.74 Å². The van der Waals surface area contributed by atoms with E-state index in [0.29, 0.717) is 12.2 Å². The summed E-state index contributed by atoms with van der Waals surface area (Å²) in [5, 5.41) is 9.15. The van der Waals surface area contributed by atoms with Crippen molar-refractivity contribution in [2.45, 2.75) is 12.8 Å². The van der Waals surface area contributed by atoms with Crippen molar-refractivity contribution in [1.82, 2.24) is 0 Å².